The molecule has 5 nitrogen and oxygen atoms in total. The summed E-state index contributed by atoms with van der Waals surface area (Å²) >= 11 is 3.37. The summed E-state index contributed by atoms with van der Waals surface area (Å²) in [5.74, 6) is 0.916. The maximum absolute atomic E-state index is 11.8. The first-order chi connectivity index (χ1) is 9.60. The number of hydrogen-bond acceptors (Lipinski definition) is 5. The third-order valence-corrected chi connectivity index (χ3v) is 3.21. The van der Waals surface area contributed by atoms with Gasteiger partial charge in [-0.1, -0.05) is 0 Å². The summed E-state index contributed by atoms with van der Waals surface area (Å²) in [6, 6.07) is 1.59. The number of rotatable bonds is 7. The molecule has 1 aromatic rings. The van der Waals surface area contributed by atoms with Gasteiger partial charge in [-0.2, -0.15) is 0 Å². The summed E-state index contributed by atoms with van der Waals surface area (Å²) < 4.78 is 22.0. The van der Waals surface area contributed by atoms with Crippen molar-refractivity contribution in [2.24, 2.45) is 0 Å². The third-order valence-electron chi connectivity index (χ3n) is 2.42. The fraction of sp³-hybridized carbons (Fsp3) is 0.500. The van der Waals surface area contributed by atoms with Crippen molar-refractivity contribution in [3.05, 3.63) is 16.1 Å². The first-order valence-electron chi connectivity index (χ1n) is 6.43. The van der Waals surface area contributed by atoms with Gasteiger partial charge >= 0.3 is 5.97 Å². The topological polar surface area (TPSA) is 54.0 Å². The van der Waals surface area contributed by atoms with E-state index in [4.69, 9.17) is 18.9 Å². The van der Waals surface area contributed by atoms with Crippen LogP contribution in [-0.2, 0) is 4.74 Å². The zero-order valence-corrected chi connectivity index (χ0v) is 13.7. The quantitative estimate of drug-likeness (QED) is 0.708. The highest BCUT2D eigenvalue weighted by Crippen LogP contribution is 2.45. The molecule has 0 heterocycles. The van der Waals surface area contributed by atoms with Crippen LogP contribution in [0.3, 0.4) is 0 Å². The molecule has 20 heavy (non-hydrogen) atoms. The Balaban J connectivity index is 3.47. The number of esters is 1. The van der Waals surface area contributed by atoms with E-state index in [9.17, 15) is 4.79 Å². The monoisotopic (exact) mass is 346 g/mol. The molecule has 0 amide bonds. The van der Waals surface area contributed by atoms with Crippen LogP contribution in [0.25, 0.3) is 0 Å². The van der Waals surface area contributed by atoms with E-state index in [1.807, 2.05) is 20.8 Å². The lowest BCUT2D eigenvalue weighted by Gasteiger charge is -2.18. The number of benzene rings is 1. The van der Waals surface area contributed by atoms with Crippen molar-refractivity contribution in [3.8, 4) is 17.2 Å². The van der Waals surface area contributed by atoms with Crippen molar-refractivity contribution < 1.29 is 23.7 Å². The Morgan fingerprint density at radius 3 is 2.10 bits per heavy atom. The SMILES string of the molecule is CCOc1cc(C(=O)OC)c(Br)c(OCC)c1OCC. The lowest BCUT2D eigenvalue weighted by molar-refractivity contribution is 0.0598. The van der Waals surface area contributed by atoms with Crippen LogP contribution in [0.1, 0.15) is 31.1 Å². The van der Waals surface area contributed by atoms with Crippen LogP contribution >= 0.6 is 15.9 Å². The lowest BCUT2D eigenvalue weighted by atomic mass is 10.2. The molecule has 0 spiro atoms. The zero-order valence-electron chi connectivity index (χ0n) is 12.1. The molecule has 1 rings (SSSR count). The van der Waals surface area contributed by atoms with E-state index in [1.54, 1.807) is 6.07 Å². The molecule has 0 aromatic heterocycles. The minimum absolute atomic E-state index is 0.336. The summed E-state index contributed by atoms with van der Waals surface area (Å²) in [5, 5.41) is 0. The van der Waals surface area contributed by atoms with Gasteiger partial charge < -0.3 is 18.9 Å². The predicted molar refractivity (Wildman–Crippen MR) is 79.0 cm³/mol. The Kier molecular flexibility index (Phi) is 6.64. The summed E-state index contributed by atoms with van der Waals surface area (Å²) in [6.45, 7) is 6.93. The van der Waals surface area contributed by atoms with Crippen LogP contribution in [-0.4, -0.2) is 32.9 Å². The van der Waals surface area contributed by atoms with Crippen LogP contribution in [0.4, 0.5) is 0 Å². The summed E-state index contributed by atoms with van der Waals surface area (Å²) in [7, 11) is 1.33. The van der Waals surface area contributed by atoms with Gasteiger partial charge in [-0.3, -0.25) is 0 Å². The van der Waals surface area contributed by atoms with Gasteiger partial charge in [0.25, 0.3) is 0 Å². The van der Waals surface area contributed by atoms with E-state index >= 15 is 0 Å². The van der Waals surface area contributed by atoms with Gasteiger partial charge in [0, 0.05) is 0 Å². The second kappa shape index (κ2) is 7.99. The summed E-state index contributed by atoms with van der Waals surface area (Å²) in [5.41, 5.74) is 0.336. The third kappa shape index (κ3) is 3.56. The molecule has 0 fully saturated rings. The Morgan fingerprint density at radius 1 is 1.05 bits per heavy atom. The van der Waals surface area contributed by atoms with Crippen LogP contribution in [0.15, 0.2) is 10.5 Å². The Labute approximate surface area is 127 Å². The molecule has 0 aliphatic rings. The average molecular weight is 347 g/mol. The molecule has 1 aromatic carbocycles. The Bertz CT molecular complexity index is 473. The normalized spacial score (nSPS) is 10.1. The van der Waals surface area contributed by atoms with E-state index in [0.717, 1.165) is 0 Å². The summed E-state index contributed by atoms with van der Waals surface area (Å²) in [6.07, 6.45) is 0. The molecule has 0 atom stereocenters. The van der Waals surface area contributed by atoms with E-state index in [1.165, 1.54) is 7.11 Å². The highest BCUT2D eigenvalue weighted by Gasteiger charge is 2.24. The molecule has 0 unspecified atom stereocenters. The minimum Gasteiger partial charge on any atom is -0.490 e. The zero-order chi connectivity index (χ0) is 15.1. The maximum atomic E-state index is 11.8. The fourth-order valence-corrected chi connectivity index (χ4v) is 2.24. The molecule has 6 heteroatoms. The average Bonchev–Trinajstić information content (AvgIpc) is 2.45. The molecule has 0 saturated carbocycles. The molecule has 0 N–H and O–H groups in total. The highest BCUT2D eigenvalue weighted by molar-refractivity contribution is 9.10. The molecular formula is C14H19BrO5. The lowest BCUT2D eigenvalue weighted by Crippen LogP contribution is -2.08. The minimum atomic E-state index is -0.471. The Hall–Kier alpha value is -1.43. The molecular weight excluding hydrogens is 328 g/mol. The van der Waals surface area contributed by atoms with Crippen LogP contribution in [0.2, 0.25) is 0 Å². The van der Waals surface area contributed by atoms with E-state index in [-0.39, 0.29) is 0 Å². The van der Waals surface area contributed by atoms with Crippen LogP contribution < -0.4 is 14.2 Å². The van der Waals surface area contributed by atoms with E-state index in [2.05, 4.69) is 15.9 Å². The van der Waals surface area contributed by atoms with Gasteiger partial charge in [-0.05, 0) is 42.8 Å². The molecule has 0 radical (unpaired) electrons. The van der Waals surface area contributed by atoms with Crippen molar-refractivity contribution in [2.75, 3.05) is 26.9 Å². The predicted octanol–water partition coefficient (Wildman–Crippen LogP) is 3.43. The van der Waals surface area contributed by atoms with Crippen LogP contribution in [0.5, 0.6) is 17.2 Å². The standard InChI is InChI=1S/C14H19BrO5/c1-5-18-10-8-9(14(16)17-4)11(15)13(20-7-3)12(10)19-6-2/h8H,5-7H2,1-4H3. The number of carbonyl (C=O) groups is 1. The van der Waals surface area contributed by atoms with Gasteiger partial charge in [0.05, 0.1) is 37.0 Å². The maximum Gasteiger partial charge on any atom is 0.339 e. The van der Waals surface area contributed by atoms with Gasteiger partial charge in [0.2, 0.25) is 5.75 Å². The molecule has 0 aliphatic heterocycles. The van der Waals surface area contributed by atoms with Crippen LogP contribution in [0, 0.1) is 0 Å². The number of ether oxygens (including phenoxy) is 4. The van der Waals surface area contributed by atoms with Crippen molar-refractivity contribution >= 4 is 21.9 Å². The number of carbonyl (C=O) groups excluding carboxylic acids is 1. The fourth-order valence-electron chi connectivity index (χ4n) is 1.67. The first-order valence-corrected chi connectivity index (χ1v) is 7.23. The smallest absolute Gasteiger partial charge is 0.339 e. The van der Waals surface area contributed by atoms with E-state index < -0.39 is 5.97 Å². The van der Waals surface area contributed by atoms with E-state index in [0.29, 0.717) is 47.1 Å². The van der Waals surface area contributed by atoms with Gasteiger partial charge in [-0.15, -0.1) is 0 Å². The van der Waals surface area contributed by atoms with Crippen molar-refractivity contribution in [1.29, 1.82) is 0 Å². The molecule has 112 valence electrons. The molecule has 0 aliphatic carbocycles. The highest BCUT2D eigenvalue weighted by atomic mass is 79.9. The van der Waals surface area contributed by atoms with Gasteiger partial charge in [0.1, 0.15) is 0 Å². The largest absolute Gasteiger partial charge is 0.490 e. The molecule has 0 bridgehead atoms. The van der Waals surface area contributed by atoms with Gasteiger partial charge in [0.15, 0.2) is 11.5 Å². The van der Waals surface area contributed by atoms with Crippen molar-refractivity contribution in [1.82, 2.24) is 0 Å². The number of halogens is 1. The second-order valence-electron chi connectivity index (χ2n) is 3.69. The van der Waals surface area contributed by atoms with Crippen molar-refractivity contribution in [3.63, 3.8) is 0 Å². The first kappa shape index (κ1) is 16.6. The van der Waals surface area contributed by atoms with Crippen molar-refractivity contribution in [2.45, 2.75) is 20.8 Å². The molecule has 0 saturated heterocycles. The number of methoxy groups -OCH3 is 1. The summed E-state index contributed by atoms with van der Waals surface area (Å²) in [4.78, 5) is 11.8. The Morgan fingerprint density at radius 2 is 1.60 bits per heavy atom. The van der Waals surface area contributed by atoms with Gasteiger partial charge in [-0.25, -0.2) is 4.79 Å². The number of hydrogen-bond donors (Lipinski definition) is 0. The second-order valence-corrected chi connectivity index (χ2v) is 4.48.